The van der Waals surface area contributed by atoms with Crippen molar-refractivity contribution in [2.75, 3.05) is 31.2 Å². The molecule has 1 aromatic carbocycles. The van der Waals surface area contributed by atoms with Gasteiger partial charge in [0.15, 0.2) is 0 Å². The lowest BCUT2D eigenvalue weighted by molar-refractivity contribution is -0.383. The number of nitro groups is 1. The van der Waals surface area contributed by atoms with E-state index in [2.05, 4.69) is 31.1 Å². The Bertz CT molecular complexity index is 449. The number of rotatable bonds is 8. The molecule has 0 saturated heterocycles. The SMILES string of the molecule is CC(C)N(C)CCCCNc1cccc(N)c1[N+](=O)[O-]. The molecule has 0 aliphatic heterocycles. The van der Waals surface area contributed by atoms with Gasteiger partial charge >= 0.3 is 5.69 Å². The molecular formula is C14H24N4O2. The fourth-order valence-electron chi connectivity index (χ4n) is 1.88. The molecule has 0 aliphatic carbocycles. The van der Waals surface area contributed by atoms with Crippen LogP contribution in [0, 0.1) is 10.1 Å². The lowest BCUT2D eigenvalue weighted by Crippen LogP contribution is -2.27. The Hall–Kier alpha value is -1.82. The van der Waals surface area contributed by atoms with Gasteiger partial charge in [-0.3, -0.25) is 10.1 Å². The van der Waals surface area contributed by atoms with Gasteiger partial charge in [0.25, 0.3) is 0 Å². The maximum absolute atomic E-state index is 11.0. The van der Waals surface area contributed by atoms with Crippen LogP contribution in [0.15, 0.2) is 18.2 Å². The largest absolute Gasteiger partial charge is 0.393 e. The van der Waals surface area contributed by atoms with Gasteiger partial charge < -0.3 is 16.0 Å². The zero-order valence-electron chi connectivity index (χ0n) is 12.4. The molecule has 1 aromatic rings. The summed E-state index contributed by atoms with van der Waals surface area (Å²) in [5, 5.41) is 14.1. The standard InChI is InChI=1S/C14H24N4O2/c1-11(2)17(3)10-5-4-9-16-13-8-6-7-12(15)14(13)18(19)20/h6-8,11,16H,4-5,9-10,15H2,1-3H3. The monoisotopic (exact) mass is 280 g/mol. The van der Waals surface area contributed by atoms with E-state index in [1.165, 1.54) is 0 Å². The summed E-state index contributed by atoms with van der Waals surface area (Å²) in [6.45, 7) is 6.05. The first-order valence-electron chi connectivity index (χ1n) is 6.90. The second-order valence-electron chi connectivity index (χ2n) is 5.21. The maximum Gasteiger partial charge on any atom is 0.314 e. The van der Waals surface area contributed by atoms with Gasteiger partial charge in [-0.05, 0) is 52.4 Å². The second kappa shape index (κ2) is 7.69. The Labute approximate surface area is 120 Å². The van der Waals surface area contributed by atoms with Gasteiger partial charge in [0, 0.05) is 12.6 Å². The van der Waals surface area contributed by atoms with Crippen LogP contribution >= 0.6 is 0 Å². The van der Waals surface area contributed by atoms with Crippen LogP contribution in [-0.2, 0) is 0 Å². The van der Waals surface area contributed by atoms with Crippen LogP contribution in [0.4, 0.5) is 17.1 Å². The molecule has 0 radical (unpaired) electrons. The van der Waals surface area contributed by atoms with Crippen molar-refractivity contribution in [2.45, 2.75) is 32.7 Å². The minimum Gasteiger partial charge on any atom is -0.393 e. The Balaban J connectivity index is 2.43. The highest BCUT2D eigenvalue weighted by atomic mass is 16.6. The van der Waals surface area contributed by atoms with Crippen LogP contribution in [0.5, 0.6) is 0 Å². The average Bonchev–Trinajstić information content (AvgIpc) is 2.37. The van der Waals surface area contributed by atoms with Gasteiger partial charge in [0.2, 0.25) is 0 Å². The Morgan fingerprint density at radius 1 is 1.40 bits per heavy atom. The number of nitrogens with zero attached hydrogens (tertiary/aromatic N) is 2. The highest BCUT2D eigenvalue weighted by Gasteiger charge is 2.16. The summed E-state index contributed by atoms with van der Waals surface area (Å²) in [7, 11) is 2.10. The second-order valence-corrected chi connectivity index (χ2v) is 5.21. The van der Waals surface area contributed by atoms with Gasteiger partial charge in [-0.2, -0.15) is 0 Å². The van der Waals surface area contributed by atoms with E-state index in [1.54, 1.807) is 18.2 Å². The molecule has 0 aromatic heterocycles. The minimum atomic E-state index is -0.440. The molecular weight excluding hydrogens is 256 g/mol. The lowest BCUT2D eigenvalue weighted by Gasteiger charge is -2.20. The number of benzene rings is 1. The number of nitrogens with two attached hydrogens (primary N) is 1. The van der Waals surface area contributed by atoms with Crippen molar-refractivity contribution in [3.05, 3.63) is 28.3 Å². The molecule has 0 bridgehead atoms. The Kier molecular flexibility index (Phi) is 6.24. The van der Waals surface area contributed by atoms with Gasteiger partial charge in [-0.15, -0.1) is 0 Å². The molecule has 0 saturated carbocycles. The molecule has 0 aliphatic rings. The van der Waals surface area contributed by atoms with Crippen LogP contribution in [0.25, 0.3) is 0 Å². The predicted molar refractivity (Wildman–Crippen MR) is 83.0 cm³/mol. The molecule has 0 amide bonds. The minimum absolute atomic E-state index is 0.0354. The van der Waals surface area contributed by atoms with Crippen LogP contribution in [-0.4, -0.2) is 36.0 Å². The topological polar surface area (TPSA) is 84.4 Å². The Morgan fingerprint density at radius 2 is 2.10 bits per heavy atom. The summed E-state index contributed by atoms with van der Waals surface area (Å²) in [6, 6.07) is 5.49. The van der Waals surface area contributed by atoms with E-state index >= 15 is 0 Å². The average molecular weight is 280 g/mol. The van der Waals surface area contributed by atoms with Crippen molar-refractivity contribution in [1.29, 1.82) is 0 Å². The first-order valence-corrected chi connectivity index (χ1v) is 6.90. The number of unbranched alkanes of at least 4 members (excludes halogenated alkanes) is 1. The molecule has 20 heavy (non-hydrogen) atoms. The number of hydrogen-bond donors (Lipinski definition) is 2. The highest BCUT2D eigenvalue weighted by Crippen LogP contribution is 2.30. The van der Waals surface area contributed by atoms with E-state index in [1.807, 2.05) is 0 Å². The van der Waals surface area contributed by atoms with Gasteiger partial charge in [-0.1, -0.05) is 6.07 Å². The Morgan fingerprint density at radius 3 is 2.70 bits per heavy atom. The quantitative estimate of drug-likeness (QED) is 0.331. The summed E-state index contributed by atoms with van der Waals surface area (Å²) in [5.74, 6) is 0. The van der Waals surface area contributed by atoms with E-state index in [4.69, 9.17) is 5.73 Å². The van der Waals surface area contributed by atoms with E-state index in [0.717, 1.165) is 19.4 Å². The number of para-hydroxylation sites is 1. The first-order chi connectivity index (χ1) is 9.43. The summed E-state index contributed by atoms with van der Waals surface area (Å²) in [4.78, 5) is 12.8. The molecule has 1 rings (SSSR count). The van der Waals surface area contributed by atoms with Crippen molar-refractivity contribution >= 4 is 17.1 Å². The number of hydrogen-bond acceptors (Lipinski definition) is 5. The summed E-state index contributed by atoms with van der Waals surface area (Å²) in [6.07, 6.45) is 2.01. The molecule has 0 unspecified atom stereocenters. The molecule has 0 spiro atoms. The summed E-state index contributed by atoms with van der Waals surface area (Å²) in [5.41, 5.74) is 6.29. The third-order valence-electron chi connectivity index (χ3n) is 3.38. The number of nitro benzene ring substituents is 1. The summed E-state index contributed by atoms with van der Waals surface area (Å²) < 4.78 is 0. The molecule has 0 atom stereocenters. The van der Waals surface area contributed by atoms with Crippen molar-refractivity contribution in [3.8, 4) is 0 Å². The predicted octanol–water partition coefficient (Wildman–Crippen LogP) is 2.71. The van der Waals surface area contributed by atoms with Crippen molar-refractivity contribution in [2.24, 2.45) is 0 Å². The van der Waals surface area contributed by atoms with Crippen LogP contribution < -0.4 is 11.1 Å². The fourth-order valence-corrected chi connectivity index (χ4v) is 1.88. The maximum atomic E-state index is 11.0. The smallest absolute Gasteiger partial charge is 0.314 e. The van der Waals surface area contributed by atoms with E-state index < -0.39 is 4.92 Å². The van der Waals surface area contributed by atoms with Gasteiger partial charge in [0.1, 0.15) is 11.4 Å². The zero-order chi connectivity index (χ0) is 15.1. The van der Waals surface area contributed by atoms with Crippen LogP contribution in [0.3, 0.4) is 0 Å². The number of nitrogen functional groups attached to an aromatic ring is 1. The molecule has 6 nitrogen and oxygen atoms in total. The van der Waals surface area contributed by atoms with Crippen molar-refractivity contribution in [1.82, 2.24) is 4.90 Å². The molecule has 3 N–H and O–H groups in total. The normalized spacial score (nSPS) is 11.1. The van der Waals surface area contributed by atoms with Gasteiger partial charge in [-0.25, -0.2) is 0 Å². The highest BCUT2D eigenvalue weighted by molar-refractivity contribution is 5.74. The third kappa shape index (κ3) is 4.70. The molecule has 6 heteroatoms. The van der Waals surface area contributed by atoms with Crippen LogP contribution in [0.1, 0.15) is 26.7 Å². The van der Waals surface area contributed by atoms with Crippen molar-refractivity contribution in [3.63, 3.8) is 0 Å². The molecule has 0 fully saturated rings. The van der Waals surface area contributed by atoms with Crippen molar-refractivity contribution < 1.29 is 4.92 Å². The first kappa shape index (κ1) is 16.2. The number of nitrogens with one attached hydrogen (secondary N) is 1. The molecule has 0 heterocycles. The third-order valence-corrected chi connectivity index (χ3v) is 3.38. The zero-order valence-corrected chi connectivity index (χ0v) is 12.4. The van der Waals surface area contributed by atoms with E-state index in [-0.39, 0.29) is 11.4 Å². The lowest BCUT2D eigenvalue weighted by atomic mass is 10.2. The fraction of sp³-hybridized carbons (Fsp3) is 0.571. The van der Waals surface area contributed by atoms with E-state index in [9.17, 15) is 10.1 Å². The van der Waals surface area contributed by atoms with Crippen LogP contribution in [0.2, 0.25) is 0 Å². The molecule has 112 valence electrons. The number of anilines is 2. The van der Waals surface area contributed by atoms with Gasteiger partial charge in [0.05, 0.1) is 4.92 Å². The summed E-state index contributed by atoms with van der Waals surface area (Å²) >= 11 is 0. The van der Waals surface area contributed by atoms with E-state index in [0.29, 0.717) is 18.3 Å².